The van der Waals surface area contributed by atoms with Crippen molar-refractivity contribution >= 4 is 17.9 Å². The number of aliphatic carboxylic acids is 3. The summed E-state index contributed by atoms with van der Waals surface area (Å²) in [7, 11) is 0. The molecule has 0 unspecified atom stereocenters. The molecule has 0 atom stereocenters. The van der Waals surface area contributed by atoms with E-state index in [1.165, 1.54) is 0 Å². The Hall–Kier alpha value is 0.591. The van der Waals surface area contributed by atoms with Gasteiger partial charge >= 0.3 is 67.1 Å². The van der Waals surface area contributed by atoms with Gasteiger partial charge in [-0.2, -0.15) is 0 Å². The molecule has 104 valence electrons. The summed E-state index contributed by atoms with van der Waals surface area (Å²) in [5.41, 5.74) is 0. The molecule has 0 aromatic heterocycles. The van der Waals surface area contributed by atoms with E-state index in [1.54, 1.807) is 0 Å². The molecule has 0 heterocycles. The first-order valence-electron chi connectivity index (χ1n) is 3.23. The third-order valence-corrected chi connectivity index (χ3v) is 1.06. The zero-order chi connectivity index (χ0) is 10.4. The Labute approximate surface area is 138 Å². The smallest absolute Gasteiger partial charge is 0.549 e. The van der Waals surface area contributed by atoms with Crippen LogP contribution in [0.25, 0.3) is 0 Å². The first-order valence-corrected chi connectivity index (χ1v) is 3.23. The maximum Gasteiger partial charge on any atom is 1.00 e. The van der Waals surface area contributed by atoms with E-state index >= 15 is 0 Å². The molecule has 7 nitrogen and oxygen atoms in total. The predicted molar refractivity (Wildman–Crippen MR) is 31.5 cm³/mol. The van der Waals surface area contributed by atoms with Gasteiger partial charge in [0.25, 0.3) is 0 Å². The van der Waals surface area contributed by atoms with E-state index in [-0.39, 0.29) is 67.1 Å². The van der Waals surface area contributed by atoms with Crippen molar-refractivity contribution in [1.29, 1.82) is 0 Å². The van der Waals surface area contributed by atoms with Gasteiger partial charge < -0.3 is 29.7 Å². The maximum absolute atomic E-state index is 9.99. The number of hydrogen-bond donors (Lipinski definition) is 0. The molecule has 10 heteroatoms. The predicted octanol–water partition coefficient (Wildman–Crippen LogP) is -5.47. The van der Waals surface area contributed by atoms with E-state index in [4.69, 9.17) is 0 Å². The minimum Gasteiger partial charge on any atom is -0.549 e. The van der Waals surface area contributed by atoms with Crippen molar-refractivity contribution in [3.8, 4) is 0 Å². The van der Waals surface area contributed by atoms with Gasteiger partial charge in [0.1, 0.15) is 0 Å². The van der Waals surface area contributed by atoms with Gasteiger partial charge in [-0.15, -0.1) is 0 Å². The summed E-state index contributed by atoms with van der Waals surface area (Å²) in [5, 5.41) is 30.0. The molecule has 0 spiro atoms. The number of carboxylic acids is 3. The summed E-state index contributed by atoms with van der Waals surface area (Å²) in [5.74, 6) is -4.70. The third-order valence-electron chi connectivity index (χ3n) is 1.06. The second kappa shape index (κ2) is 13.7. The van der Waals surface area contributed by atoms with Gasteiger partial charge in [0.15, 0.2) is 0 Å². The van der Waals surface area contributed by atoms with Gasteiger partial charge in [-0.05, 0) is 0 Å². The minimum absolute atomic E-state index is 0. The topological polar surface area (TPSA) is 124 Å². The Morgan fingerprint density at radius 3 is 1.00 bits per heavy atom. The first kappa shape index (κ1) is 25.4. The zero-order valence-corrected chi connectivity index (χ0v) is 11.9. The number of rotatable bonds is 6. The molecule has 0 aromatic rings. The van der Waals surface area contributed by atoms with E-state index in [0.29, 0.717) is 4.90 Å². The average molecular weight is 512 g/mol. The molecule has 0 aliphatic rings. The van der Waals surface area contributed by atoms with Crippen LogP contribution in [0.4, 0.5) is 0 Å². The van der Waals surface area contributed by atoms with E-state index in [1.807, 2.05) is 0 Å². The molecule has 0 rings (SSSR count). The molecular formula is C6H6Ag3NO6. The largest absolute Gasteiger partial charge is 1.00 e. The number of carbonyl (C=O) groups is 3. The SMILES string of the molecule is O=C([O-])CN(CC(=O)[O-])CC(=O)[O-].[Ag+].[Ag+].[Ag+]. The first-order chi connectivity index (χ1) is 5.91. The minimum atomic E-state index is -1.57. The Morgan fingerprint density at radius 1 is 0.688 bits per heavy atom. The van der Waals surface area contributed by atoms with Crippen molar-refractivity contribution in [2.75, 3.05) is 19.6 Å². The van der Waals surface area contributed by atoms with Gasteiger partial charge in [-0.3, -0.25) is 4.90 Å². The van der Waals surface area contributed by atoms with E-state index in [0.717, 1.165) is 0 Å². The normalized spacial score (nSPS) is 8.06. The second-order valence-electron chi connectivity index (χ2n) is 2.26. The molecule has 16 heavy (non-hydrogen) atoms. The van der Waals surface area contributed by atoms with E-state index in [2.05, 4.69) is 0 Å². The number of carboxylic acid groups (broad SMARTS) is 3. The number of nitrogens with zero attached hydrogens (tertiary/aromatic N) is 1. The van der Waals surface area contributed by atoms with Crippen molar-refractivity contribution in [3.05, 3.63) is 0 Å². The summed E-state index contributed by atoms with van der Waals surface area (Å²) in [6.45, 7) is -2.37. The number of hydrogen-bond acceptors (Lipinski definition) is 7. The van der Waals surface area contributed by atoms with Crippen molar-refractivity contribution in [2.45, 2.75) is 0 Å². The van der Waals surface area contributed by atoms with Gasteiger partial charge in [0.05, 0.1) is 17.9 Å². The maximum atomic E-state index is 9.99. The monoisotopic (exact) mass is 509 g/mol. The summed E-state index contributed by atoms with van der Waals surface area (Å²) >= 11 is 0. The second-order valence-corrected chi connectivity index (χ2v) is 2.26. The summed E-state index contributed by atoms with van der Waals surface area (Å²) < 4.78 is 0. The summed E-state index contributed by atoms with van der Waals surface area (Å²) in [4.78, 5) is 30.6. The fraction of sp³-hybridized carbons (Fsp3) is 0.500. The molecule has 0 N–H and O–H groups in total. The van der Waals surface area contributed by atoms with Crippen LogP contribution >= 0.6 is 0 Å². The molecule has 0 saturated carbocycles. The van der Waals surface area contributed by atoms with Crippen LogP contribution < -0.4 is 15.3 Å². The van der Waals surface area contributed by atoms with Gasteiger partial charge in [-0.1, -0.05) is 0 Å². The van der Waals surface area contributed by atoms with E-state index in [9.17, 15) is 29.7 Å². The Bertz CT molecular complexity index is 198. The van der Waals surface area contributed by atoms with Crippen molar-refractivity contribution in [1.82, 2.24) is 4.90 Å². The molecule has 0 saturated heterocycles. The van der Waals surface area contributed by atoms with Crippen molar-refractivity contribution in [2.24, 2.45) is 0 Å². The fourth-order valence-corrected chi connectivity index (χ4v) is 0.715. The van der Waals surface area contributed by atoms with E-state index < -0.39 is 37.5 Å². The Balaban J connectivity index is -0.000000240. The molecule has 0 fully saturated rings. The average Bonchev–Trinajstić information content (AvgIpc) is 1.80. The van der Waals surface area contributed by atoms with Crippen LogP contribution in [-0.4, -0.2) is 42.4 Å². The quantitative estimate of drug-likeness (QED) is 0.326. The van der Waals surface area contributed by atoms with Crippen LogP contribution in [0.15, 0.2) is 0 Å². The van der Waals surface area contributed by atoms with Crippen LogP contribution in [0.1, 0.15) is 0 Å². The molecular weight excluding hydrogens is 506 g/mol. The van der Waals surface area contributed by atoms with Gasteiger partial charge in [-0.25, -0.2) is 0 Å². The van der Waals surface area contributed by atoms with Crippen LogP contribution in [0.3, 0.4) is 0 Å². The molecule has 0 aromatic carbocycles. The van der Waals surface area contributed by atoms with Gasteiger partial charge in [0.2, 0.25) is 0 Å². The van der Waals surface area contributed by atoms with Crippen molar-refractivity contribution < 1.29 is 96.8 Å². The summed E-state index contributed by atoms with van der Waals surface area (Å²) in [6, 6.07) is 0. The number of carbonyl (C=O) groups excluding carboxylic acids is 3. The zero-order valence-electron chi connectivity index (χ0n) is 7.42. The van der Waals surface area contributed by atoms with Crippen LogP contribution in [-0.2, 0) is 81.5 Å². The van der Waals surface area contributed by atoms with Crippen LogP contribution in [0.5, 0.6) is 0 Å². The standard InChI is InChI=1S/C6H9NO6.3Ag/c8-4(9)1-7(2-5(10)11)3-6(12)13;;;/h1-3H2,(H,8,9)(H,10,11)(H,12,13);;;/q;3*+1/p-3. The fourth-order valence-electron chi connectivity index (χ4n) is 0.715. The Morgan fingerprint density at radius 2 is 0.875 bits per heavy atom. The van der Waals surface area contributed by atoms with Crippen LogP contribution in [0, 0.1) is 0 Å². The molecule has 0 aliphatic carbocycles. The molecule has 0 bridgehead atoms. The molecule has 0 radical (unpaired) electrons. The summed E-state index contributed by atoms with van der Waals surface area (Å²) in [6.07, 6.45) is 0. The molecule has 0 amide bonds. The third kappa shape index (κ3) is 17.0. The Kier molecular flexibility index (Phi) is 21.7. The van der Waals surface area contributed by atoms with Crippen LogP contribution in [0.2, 0.25) is 0 Å². The molecule has 0 aliphatic heterocycles. The van der Waals surface area contributed by atoms with Crippen molar-refractivity contribution in [3.63, 3.8) is 0 Å². The van der Waals surface area contributed by atoms with Gasteiger partial charge in [0, 0.05) is 19.6 Å².